The maximum absolute atomic E-state index is 5.44. The number of ether oxygens (including phenoxy) is 1. The van der Waals surface area contributed by atoms with Gasteiger partial charge in [0, 0.05) is 19.7 Å². The standard InChI is InChI=1S/C15H25NO/c1-12-8-6-7-9-14(12)11-16-13(2)10-15(3,4)17-5/h6-9,13,16H,10-11H2,1-5H3. The zero-order valence-corrected chi connectivity index (χ0v) is 11.7. The Hall–Kier alpha value is -0.860. The van der Waals surface area contributed by atoms with E-state index in [1.54, 1.807) is 7.11 Å². The molecule has 0 spiro atoms. The summed E-state index contributed by atoms with van der Waals surface area (Å²) in [6.07, 6.45) is 1.01. The average molecular weight is 235 g/mol. The monoisotopic (exact) mass is 235 g/mol. The van der Waals surface area contributed by atoms with Gasteiger partial charge in [-0.3, -0.25) is 0 Å². The van der Waals surface area contributed by atoms with E-state index in [1.807, 2.05) is 0 Å². The SMILES string of the molecule is COC(C)(C)CC(C)NCc1ccccc1C. The lowest BCUT2D eigenvalue weighted by molar-refractivity contribution is 0.00844. The van der Waals surface area contributed by atoms with E-state index in [1.165, 1.54) is 11.1 Å². The van der Waals surface area contributed by atoms with Crippen molar-refractivity contribution in [2.45, 2.75) is 52.3 Å². The van der Waals surface area contributed by atoms with E-state index in [2.05, 4.69) is 57.3 Å². The van der Waals surface area contributed by atoms with Crippen LogP contribution in [0.1, 0.15) is 38.3 Å². The zero-order chi connectivity index (χ0) is 12.9. The third-order valence-electron chi connectivity index (χ3n) is 3.25. The minimum Gasteiger partial charge on any atom is -0.379 e. The second-order valence-electron chi connectivity index (χ2n) is 5.38. The van der Waals surface area contributed by atoms with Crippen LogP contribution in [0.15, 0.2) is 24.3 Å². The first-order valence-corrected chi connectivity index (χ1v) is 6.27. The Balaban J connectivity index is 2.44. The van der Waals surface area contributed by atoms with E-state index in [4.69, 9.17) is 4.74 Å². The number of hydrogen-bond donors (Lipinski definition) is 1. The second kappa shape index (κ2) is 6.18. The fourth-order valence-electron chi connectivity index (χ4n) is 1.99. The van der Waals surface area contributed by atoms with Gasteiger partial charge in [0.1, 0.15) is 0 Å². The molecule has 2 nitrogen and oxygen atoms in total. The Morgan fingerprint density at radius 2 is 1.94 bits per heavy atom. The van der Waals surface area contributed by atoms with Gasteiger partial charge in [-0.2, -0.15) is 0 Å². The van der Waals surface area contributed by atoms with Crippen LogP contribution in [0.3, 0.4) is 0 Å². The lowest BCUT2D eigenvalue weighted by atomic mass is 9.99. The molecule has 0 aliphatic rings. The third-order valence-corrected chi connectivity index (χ3v) is 3.25. The van der Waals surface area contributed by atoms with Crippen molar-refractivity contribution in [1.82, 2.24) is 5.32 Å². The predicted molar refractivity (Wildman–Crippen MR) is 73.2 cm³/mol. The van der Waals surface area contributed by atoms with Crippen molar-refractivity contribution in [3.8, 4) is 0 Å². The molecule has 1 N–H and O–H groups in total. The van der Waals surface area contributed by atoms with Crippen molar-refractivity contribution < 1.29 is 4.74 Å². The van der Waals surface area contributed by atoms with Crippen LogP contribution in [0.2, 0.25) is 0 Å². The topological polar surface area (TPSA) is 21.3 Å². The maximum atomic E-state index is 5.44. The summed E-state index contributed by atoms with van der Waals surface area (Å²) < 4.78 is 5.44. The zero-order valence-electron chi connectivity index (χ0n) is 11.7. The highest BCUT2D eigenvalue weighted by Gasteiger charge is 2.19. The summed E-state index contributed by atoms with van der Waals surface area (Å²) in [7, 11) is 1.77. The van der Waals surface area contributed by atoms with Gasteiger partial charge < -0.3 is 10.1 Å². The number of methoxy groups -OCH3 is 1. The van der Waals surface area contributed by atoms with Crippen LogP contribution >= 0.6 is 0 Å². The summed E-state index contributed by atoms with van der Waals surface area (Å²) in [6, 6.07) is 8.95. The molecule has 1 rings (SSSR count). The molecule has 1 unspecified atom stereocenters. The Bertz CT molecular complexity index is 347. The molecular weight excluding hydrogens is 210 g/mol. The van der Waals surface area contributed by atoms with Crippen LogP contribution in [-0.2, 0) is 11.3 Å². The molecule has 0 amide bonds. The lowest BCUT2D eigenvalue weighted by Crippen LogP contribution is -2.35. The number of benzene rings is 1. The van der Waals surface area contributed by atoms with E-state index < -0.39 is 0 Å². The minimum absolute atomic E-state index is 0.0574. The first kappa shape index (κ1) is 14.2. The smallest absolute Gasteiger partial charge is 0.0637 e. The largest absolute Gasteiger partial charge is 0.379 e. The van der Waals surface area contributed by atoms with Crippen LogP contribution in [0.4, 0.5) is 0 Å². The Kier molecular flexibility index (Phi) is 5.16. The molecule has 0 radical (unpaired) electrons. The molecule has 2 heteroatoms. The molecule has 0 bridgehead atoms. The number of rotatable bonds is 6. The summed E-state index contributed by atoms with van der Waals surface area (Å²) in [5, 5.41) is 3.55. The highest BCUT2D eigenvalue weighted by Crippen LogP contribution is 2.16. The molecule has 0 aromatic heterocycles. The fraction of sp³-hybridized carbons (Fsp3) is 0.600. The molecule has 0 fully saturated rings. The van der Waals surface area contributed by atoms with E-state index in [0.717, 1.165) is 13.0 Å². The van der Waals surface area contributed by atoms with Gasteiger partial charge in [-0.15, -0.1) is 0 Å². The normalized spacial score (nSPS) is 13.7. The molecule has 1 atom stereocenters. The van der Waals surface area contributed by atoms with E-state index in [9.17, 15) is 0 Å². The van der Waals surface area contributed by atoms with Crippen molar-refractivity contribution in [3.05, 3.63) is 35.4 Å². The van der Waals surface area contributed by atoms with Crippen LogP contribution in [-0.4, -0.2) is 18.8 Å². The highest BCUT2D eigenvalue weighted by atomic mass is 16.5. The van der Waals surface area contributed by atoms with Gasteiger partial charge in [-0.1, -0.05) is 24.3 Å². The van der Waals surface area contributed by atoms with Gasteiger partial charge in [0.05, 0.1) is 5.60 Å². The van der Waals surface area contributed by atoms with Gasteiger partial charge in [-0.05, 0) is 45.2 Å². The molecule has 1 aromatic rings. The number of aryl methyl sites for hydroxylation is 1. The second-order valence-corrected chi connectivity index (χ2v) is 5.38. The fourth-order valence-corrected chi connectivity index (χ4v) is 1.99. The Labute approximate surface area is 105 Å². The first-order valence-electron chi connectivity index (χ1n) is 6.27. The van der Waals surface area contributed by atoms with Gasteiger partial charge in [-0.25, -0.2) is 0 Å². The summed E-state index contributed by atoms with van der Waals surface area (Å²) in [5.74, 6) is 0. The molecule has 1 aromatic carbocycles. The molecule has 0 aliphatic heterocycles. The molecule has 0 aliphatic carbocycles. The summed E-state index contributed by atoms with van der Waals surface area (Å²) in [6.45, 7) is 9.53. The molecule has 0 saturated carbocycles. The first-order chi connectivity index (χ1) is 7.94. The highest BCUT2D eigenvalue weighted by molar-refractivity contribution is 5.25. The average Bonchev–Trinajstić information content (AvgIpc) is 2.27. The van der Waals surface area contributed by atoms with Crippen LogP contribution in [0.25, 0.3) is 0 Å². The Morgan fingerprint density at radius 1 is 1.29 bits per heavy atom. The van der Waals surface area contributed by atoms with Gasteiger partial charge in [0.15, 0.2) is 0 Å². The van der Waals surface area contributed by atoms with Crippen LogP contribution in [0.5, 0.6) is 0 Å². The van der Waals surface area contributed by atoms with Crippen molar-refractivity contribution in [2.24, 2.45) is 0 Å². The summed E-state index contributed by atoms with van der Waals surface area (Å²) in [5.41, 5.74) is 2.66. The van der Waals surface area contributed by atoms with E-state index >= 15 is 0 Å². The Morgan fingerprint density at radius 3 is 2.53 bits per heavy atom. The van der Waals surface area contributed by atoms with Crippen LogP contribution in [0, 0.1) is 6.92 Å². The maximum Gasteiger partial charge on any atom is 0.0637 e. The van der Waals surface area contributed by atoms with Crippen molar-refractivity contribution in [1.29, 1.82) is 0 Å². The van der Waals surface area contributed by atoms with Crippen molar-refractivity contribution in [2.75, 3.05) is 7.11 Å². The third kappa shape index (κ3) is 4.88. The molecule has 96 valence electrons. The quantitative estimate of drug-likeness (QED) is 0.817. The van der Waals surface area contributed by atoms with Crippen LogP contribution < -0.4 is 5.32 Å². The van der Waals surface area contributed by atoms with Gasteiger partial charge in [0.2, 0.25) is 0 Å². The minimum atomic E-state index is -0.0574. The van der Waals surface area contributed by atoms with E-state index in [-0.39, 0.29) is 5.60 Å². The molecule has 0 saturated heterocycles. The van der Waals surface area contributed by atoms with Crippen molar-refractivity contribution in [3.63, 3.8) is 0 Å². The van der Waals surface area contributed by atoms with Gasteiger partial charge >= 0.3 is 0 Å². The van der Waals surface area contributed by atoms with Crippen molar-refractivity contribution >= 4 is 0 Å². The lowest BCUT2D eigenvalue weighted by Gasteiger charge is -2.27. The molecular formula is C15H25NO. The summed E-state index contributed by atoms with van der Waals surface area (Å²) >= 11 is 0. The molecule has 0 heterocycles. The van der Waals surface area contributed by atoms with E-state index in [0.29, 0.717) is 6.04 Å². The molecule has 17 heavy (non-hydrogen) atoms. The predicted octanol–water partition coefficient (Wildman–Crippen LogP) is 3.29. The number of nitrogens with one attached hydrogen (secondary N) is 1. The van der Waals surface area contributed by atoms with Gasteiger partial charge in [0.25, 0.3) is 0 Å². The number of hydrogen-bond acceptors (Lipinski definition) is 2. The summed E-state index contributed by atoms with van der Waals surface area (Å²) in [4.78, 5) is 0.